The van der Waals surface area contributed by atoms with Crippen LogP contribution >= 0.6 is 0 Å². The summed E-state index contributed by atoms with van der Waals surface area (Å²) in [7, 11) is 3.13. The maximum absolute atomic E-state index is 14.4. The van der Waals surface area contributed by atoms with Crippen LogP contribution in [-0.2, 0) is 11.2 Å². The van der Waals surface area contributed by atoms with Crippen LogP contribution < -0.4 is 14.4 Å². The summed E-state index contributed by atoms with van der Waals surface area (Å²) in [5, 5.41) is 0. The summed E-state index contributed by atoms with van der Waals surface area (Å²) in [5.74, 6) is 1.36. The molecule has 1 saturated heterocycles. The second kappa shape index (κ2) is 9.42. The van der Waals surface area contributed by atoms with Crippen molar-refractivity contribution >= 4 is 17.6 Å². The Kier molecular flexibility index (Phi) is 5.94. The van der Waals surface area contributed by atoms with Gasteiger partial charge in [-0.3, -0.25) is 9.59 Å². The zero-order valence-electron chi connectivity index (χ0n) is 21.1. The van der Waals surface area contributed by atoms with Gasteiger partial charge in [0.15, 0.2) is 11.5 Å². The lowest BCUT2D eigenvalue weighted by molar-refractivity contribution is -0.135. The van der Waals surface area contributed by atoms with Crippen LogP contribution in [0.25, 0.3) is 0 Å². The maximum Gasteiger partial charge on any atom is 0.254 e. The van der Waals surface area contributed by atoms with Crippen LogP contribution in [0.4, 0.5) is 5.82 Å². The van der Waals surface area contributed by atoms with Gasteiger partial charge in [0.25, 0.3) is 5.91 Å². The minimum absolute atomic E-state index is 0.0355. The van der Waals surface area contributed by atoms with Gasteiger partial charge >= 0.3 is 0 Å². The van der Waals surface area contributed by atoms with Gasteiger partial charge in [-0.2, -0.15) is 0 Å². The van der Waals surface area contributed by atoms with E-state index >= 15 is 0 Å². The summed E-state index contributed by atoms with van der Waals surface area (Å²) in [6, 6.07) is 17.3. The molecule has 3 aliphatic heterocycles. The van der Waals surface area contributed by atoms with Gasteiger partial charge in [0.05, 0.1) is 26.2 Å². The third-order valence-electron chi connectivity index (χ3n) is 7.86. The first-order valence-electron chi connectivity index (χ1n) is 12.7. The second-order valence-corrected chi connectivity index (χ2v) is 9.66. The van der Waals surface area contributed by atoms with Crippen LogP contribution in [0.15, 0.2) is 60.8 Å². The predicted octanol–water partition coefficient (Wildman–Crippen LogP) is 3.28. The minimum atomic E-state index is -0.532. The van der Waals surface area contributed by atoms with Crippen molar-refractivity contribution in [2.75, 3.05) is 51.8 Å². The van der Waals surface area contributed by atoms with Crippen LogP contribution in [-0.4, -0.2) is 73.5 Å². The number of ether oxygens (including phenoxy) is 2. The van der Waals surface area contributed by atoms with Crippen LogP contribution in [0, 0.1) is 0 Å². The van der Waals surface area contributed by atoms with Crippen molar-refractivity contribution in [3.63, 3.8) is 0 Å². The Morgan fingerprint density at radius 3 is 2.35 bits per heavy atom. The van der Waals surface area contributed by atoms with E-state index in [2.05, 4.69) is 22.0 Å². The molecule has 0 radical (unpaired) electrons. The maximum atomic E-state index is 14.4. The number of hydrogen-bond acceptors (Lipinski definition) is 6. The van der Waals surface area contributed by atoms with Gasteiger partial charge in [0, 0.05) is 44.5 Å². The third-order valence-corrected chi connectivity index (χ3v) is 7.86. The van der Waals surface area contributed by atoms with Gasteiger partial charge < -0.3 is 24.2 Å². The van der Waals surface area contributed by atoms with E-state index in [-0.39, 0.29) is 17.9 Å². The summed E-state index contributed by atoms with van der Waals surface area (Å²) in [6.07, 6.45) is 2.56. The molecular weight excluding hydrogens is 468 g/mol. The number of methoxy groups -OCH3 is 2. The number of rotatable bonds is 4. The first-order valence-corrected chi connectivity index (χ1v) is 12.7. The number of fused-ring (bicyclic) bond motifs is 4. The quantitative estimate of drug-likeness (QED) is 0.550. The molecule has 8 nitrogen and oxygen atoms in total. The largest absolute Gasteiger partial charge is 0.493 e. The number of carbonyl (C=O) groups is 2. The zero-order valence-corrected chi connectivity index (χ0v) is 21.1. The monoisotopic (exact) mass is 498 g/mol. The lowest BCUT2D eigenvalue weighted by atomic mass is 9.75. The van der Waals surface area contributed by atoms with Crippen molar-refractivity contribution in [2.45, 2.75) is 18.4 Å². The Bertz CT molecular complexity index is 1340. The van der Waals surface area contributed by atoms with Gasteiger partial charge in [-0.1, -0.05) is 30.3 Å². The van der Waals surface area contributed by atoms with E-state index in [0.717, 1.165) is 17.8 Å². The lowest BCUT2D eigenvalue weighted by Gasteiger charge is -2.47. The van der Waals surface area contributed by atoms with E-state index in [0.29, 0.717) is 55.3 Å². The molecule has 0 aliphatic carbocycles. The summed E-state index contributed by atoms with van der Waals surface area (Å²) in [4.78, 5) is 38.6. The summed E-state index contributed by atoms with van der Waals surface area (Å²) in [5.41, 5.74) is 3.46. The Morgan fingerprint density at radius 2 is 1.62 bits per heavy atom. The molecule has 2 amide bonds. The Balaban J connectivity index is 1.40. The average Bonchev–Trinajstić information content (AvgIpc) is 2.97. The minimum Gasteiger partial charge on any atom is -0.493 e. The molecule has 2 aromatic carbocycles. The Labute approximate surface area is 216 Å². The molecule has 1 fully saturated rings. The smallest absolute Gasteiger partial charge is 0.254 e. The Hall–Kier alpha value is -4.07. The van der Waals surface area contributed by atoms with Crippen LogP contribution in [0.3, 0.4) is 0 Å². The highest BCUT2D eigenvalue weighted by atomic mass is 16.5. The van der Waals surface area contributed by atoms with Gasteiger partial charge in [-0.05, 0) is 47.4 Å². The number of carbonyl (C=O) groups excluding carboxylic acids is 2. The summed E-state index contributed by atoms with van der Waals surface area (Å²) >= 11 is 0. The van der Waals surface area contributed by atoms with Crippen LogP contribution in [0.5, 0.6) is 11.5 Å². The summed E-state index contributed by atoms with van der Waals surface area (Å²) < 4.78 is 11.1. The predicted molar refractivity (Wildman–Crippen MR) is 139 cm³/mol. The number of pyridine rings is 1. The molecule has 190 valence electrons. The molecule has 4 heterocycles. The third kappa shape index (κ3) is 3.87. The highest BCUT2D eigenvalue weighted by molar-refractivity contribution is 6.02. The Morgan fingerprint density at radius 1 is 0.892 bits per heavy atom. The van der Waals surface area contributed by atoms with Crippen molar-refractivity contribution in [3.8, 4) is 11.5 Å². The second-order valence-electron chi connectivity index (χ2n) is 9.66. The van der Waals surface area contributed by atoms with Gasteiger partial charge in [-0.15, -0.1) is 0 Å². The normalized spacial score (nSPS) is 20.6. The van der Waals surface area contributed by atoms with E-state index in [4.69, 9.17) is 9.47 Å². The fourth-order valence-corrected chi connectivity index (χ4v) is 6.01. The van der Waals surface area contributed by atoms with Gasteiger partial charge in [0.2, 0.25) is 5.91 Å². The van der Waals surface area contributed by atoms with E-state index in [9.17, 15) is 9.59 Å². The van der Waals surface area contributed by atoms with Crippen molar-refractivity contribution in [1.82, 2.24) is 14.8 Å². The first-order chi connectivity index (χ1) is 18.1. The number of nitrogens with zero attached hydrogens (tertiary/aromatic N) is 4. The van der Waals surface area contributed by atoms with Crippen LogP contribution in [0.2, 0.25) is 0 Å². The molecule has 0 unspecified atom stereocenters. The van der Waals surface area contributed by atoms with Gasteiger partial charge in [-0.25, -0.2) is 4.98 Å². The van der Waals surface area contributed by atoms with Crippen LogP contribution in [0.1, 0.15) is 39.0 Å². The van der Waals surface area contributed by atoms with Gasteiger partial charge in [0.1, 0.15) is 5.82 Å². The molecule has 0 saturated carbocycles. The van der Waals surface area contributed by atoms with E-state index in [1.54, 1.807) is 26.5 Å². The van der Waals surface area contributed by atoms with E-state index < -0.39 is 5.92 Å². The number of piperazine rings is 1. The number of aromatic nitrogens is 1. The zero-order chi connectivity index (χ0) is 25.5. The van der Waals surface area contributed by atoms with Crippen molar-refractivity contribution < 1.29 is 19.1 Å². The fraction of sp³-hybridized carbons (Fsp3) is 0.345. The summed E-state index contributed by atoms with van der Waals surface area (Å²) in [6.45, 7) is 3.18. The average molecular weight is 499 g/mol. The van der Waals surface area contributed by atoms with E-state index in [1.807, 2.05) is 46.2 Å². The number of anilines is 1. The van der Waals surface area contributed by atoms with Crippen molar-refractivity contribution in [2.24, 2.45) is 0 Å². The molecule has 2 atom stereocenters. The highest BCUT2D eigenvalue weighted by Gasteiger charge is 2.48. The topological polar surface area (TPSA) is 75.2 Å². The fourth-order valence-electron chi connectivity index (χ4n) is 6.01. The molecule has 0 bridgehead atoms. The molecule has 3 aliphatic rings. The number of hydrogen-bond donors (Lipinski definition) is 0. The number of benzene rings is 2. The van der Waals surface area contributed by atoms with E-state index in [1.165, 1.54) is 5.56 Å². The molecular formula is C29H30N4O4. The standard InChI is InChI=1S/C29H30N4O4/c1-36-23-17-21-22(18-24(23)37-2)28(34)33-12-10-19-7-3-4-8-20(19)27(33)26(21)29(35)32-15-13-31(14-16-32)25-9-5-6-11-30-25/h3-9,11,17-18,26-27H,10,12-16H2,1-2H3/t26-,27+/m0/s1. The highest BCUT2D eigenvalue weighted by Crippen LogP contribution is 2.49. The van der Waals surface area contributed by atoms with Crippen molar-refractivity contribution in [1.29, 1.82) is 0 Å². The molecule has 0 N–H and O–H groups in total. The SMILES string of the molecule is COc1cc2c(cc1OC)[C@H](C(=O)N1CCN(c3ccccn3)CC1)[C@H]1c3ccccc3CCN1C2=O. The molecule has 3 aromatic rings. The number of amides is 2. The lowest BCUT2D eigenvalue weighted by Crippen LogP contribution is -2.54. The molecule has 8 heteroatoms. The van der Waals surface area contributed by atoms with Crippen molar-refractivity contribution in [3.05, 3.63) is 83.0 Å². The molecule has 37 heavy (non-hydrogen) atoms. The molecule has 0 spiro atoms. The first kappa shape index (κ1) is 23.3. The molecule has 1 aromatic heterocycles. The molecule has 6 rings (SSSR count).